The van der Waals surface area contributed by atoms with Crippen LogP contribution in [-0.2, 0) is 4.79 Å². The summed E-state index contributed by atoms with van der Waals surface area (Å²) in [6, 6.07) is 8.83. The first-order valence-corrected chi connectivity index (χ1v) is 6.51. The Morgan fingerprint density at radius 2 is 2.05 bits per heavy atom. The van der Waals surface area contributed by atoms with Gasteiger partial charge in [0.15, 0.2) is 0 Å². The molecule has 0 bridgehead atoms. The van der Waals surface area contributed by atoms with Crippen LogP contribution in [0.2, 0.25) is 0 Å². The zero-order chi connectivity index (χ0) is 14.2. The average Bonchev–Trinajstić information content (AvgIpc) is 2.41. The molecule has 1 aliphatic carbocycles. The maximum atomic E-state index is 12.2. The van der Waals surface area contributed by atoms with Crippen molar-refractivity contribution in [2.24, 2.45) is 0 Å². The Morgan fingerprint density at radius 1 is 1.25 bits per heavy atom. The fourth-order valence-electron chi connectivity index (χ4n) is 2.43. The number of carbonyl (C=O) groups excluding carboxylic acids is 1. The van der Waals surface area contributed by atoms with Crippen LogP contribution in [0.1, 0.15) is 29.6 Å². The van der Waals surface area contributed by atoms with E-state index in [2.05, 4.69) is 10.3 Å². The van der Waals surface area contributed by atoms with Crippen LogP contribution in [-0.4, -0.2) is 27.5 Å². The molecule has 1 aromatic heterocycles. The second-order valence-corrected chi connectivity index (χ2v) is 5.11. The lowest BCUT2D eigenvalue weighted by Crippen LogP contribution is -2.59. The highest BCUT2D eigenvalue weighted by Crippen LogP contribution is 2.32. The molecule has 0 saturated heterocycles. The Labute approximate surface area is 115 Å². The van der Waals surface area contributed by atoms with E-state index >= 15 is 0 Å². The first-order valence-electron chi connectivity index (χ1n) is 6.51. The van der Waals surface area contributed by atoms with Crippen molar-refractivity contribution < 1.29 is 14.7 Å². The van der Waals surface area contributed by atoms with Gasteiger partial charge in [-0.3, -0.25) is 9.78 Å². The van der Waals surface area contributed by atoms with Crippen molar-refractivity contribution >= 4 is 22.8 Å². The van der Waals surface area contributed by atoms with Crippen molar-refractivity contribution in [3.63, 3.8) is 0 Å². The number of fused-ring (bicyclic) bond motifs is 1. The Morgan fingerprint density at radius 3 is 2.70 bits per heavy atom. The molecule has 0 aliphatic heterocycles. The quantitative estimate of drug-likeness (QED) is 0.893. The molecule has 102 valence electrons. The summed E-state index contributed by atoms with van der Waals surface area (Å²) in [5.41, 5.74) is 0.180. The molecular weight excluding hydrogens is 256 g/mol. The molecule has 1 fully saturated rings. The molecule has 2 N–H and O–H groups in total. The lowest BCUT2D eigenvalue weighted by atomic mass is 9.76. The third kappa shape index (κ3) is 2.01. The van der Waals surface area contributed by atoms with Crippen LogP contribution in [0.25, 0.3) is 10.9 Å². The van der Waals surface area contributed by atoms with Gasteiger partial charge in [-0.05, 0) is 43.5 Å². The molecule has 1 heterocycles. The number of aliphatic carboxylic acids is 1. The van der Waals surface area contributed by atoms with Crippen LogP contribution in [0.15, 0.2) is 36.5 Å². The number of aromatic nitrogens is 1. The van der Waals surface area contributed by atoms with Crippen molar-refractivity contribution in [3.05, 3.63) is 42.1 Å². The van der Waals surface area contributed by atoms with E-state index in [9.17, 15) is 14.7 Å². The molecular formula is C15H14N2O3. The number of carbonyl (C=O) groups is 2. The third-order valence-electron chi connectivity index (χ3n) is 3.83. The summed E-state index contributed by atoms with van der Waals surface area (Å²) < 4.78 is 0. The Balaban J connectivity index is 1.87. The highest BCUT2D eigenvalue weighted by molar-refractivity contribution is 6.00. The fraction of sp³-hybridized carbons (Fsp3) is 0.267. The number of benzene rings is 1. The Bertz CT molecular complexity index is 692. The SMILES string of the molecule is O=C(NC1(C(=O)O)CCC1)c1ccc2ncccc2c1. The van der Waals surface area contributed by atoms with Gasteiger partial charge in [0.1, 0.15) is 5.54 Å². The van der Waals surface area contributed by atoms with Crippen molar-refractivity contribution in [2.45, 2.75) is 24.8 Å². The monoisotopic (exact) mass is 270 g/mol. The largest absolute Gasteiger partial charge is 0.480 e. The molecule has 20 heavy (non-hydrogen) atoms. The zero-order valence-electron chi connectivity index (χ0n) is 10.8. The minimum atomic E-state index is -1.08. The van der Waals surface area contributed by atoms with Gasteiger partial charge < -0.3 is 10.4 Å². The van der Waals surface area contributed by atoms with Crippen LogP contribution < -0.4 is 5.32 Å². The molecule has 0 atom stereocenters. The maximum Gasteiger partial charge on any atom is 0.329 e. The number of nitrogens with one attached hydrogen (secondary N) is 1. The lowest BCUT2D eigenvalue weighted by Gasteiger charge is -2.38. The van der Waals surface area contributed by atoms with E-state index in [1.165, 1.54) is 0 Å². The van der Waals surface area contributed by atoms with E-state index < -0.39 is 11.5 Å². The third-order valence-corrected chi connectivity index (χ3v) is 3.83. The van der Waals surface area contributed by atoms with Crippen LogP contribution in [0.3, 0.4) is 0 Å². The van der Waals surface area contributed by atoms with Crippen molar-refractivity contribution in [3.8, 4) is 0 Å². The van der Waals surface area contributed by atoms with Crippen LogP contribution >= 0.6 is 0 Å². The number of nitrogens with zero attached hydrogens (tertiary/aromatic N) is 1. The van der Waals surface area contributed by atoms with Crippen molar-refractivity contribution in [2.75, 3.05) is 0 Å². The predicted octanol–water partition coefficient (Wildman–Crippen LogP) is 1.97. The standard InChI is InChI=1S/C15H14N2O3/c18-13(17-15(14(19)20)6-2-7-15)11-4-5-12-10(9-11)3-1-8-16-12/h1,3-5,8-9H,2,6-7H2,(H,17,18)(H,19,20). The van der Waals surface area contributed by atoms with Gasteiger partial charge in [-0.15, -0.1) is 0 Å². The molecule has 5 nitrogen and oxygen atoms in total. The van der Waals surface area contributed by atoms with E-state index in [1.807, 2.05) is 6.07 Å². The number of hydrogen-bond acceptors (Lipinski definition) is 3. The van der Waals surface area contributed by atoms with E-state index in [0.717, 1.165) is 17.3 Å². The molecule has 1 aliphatic rings. The first kappa shape index (κ1) is 12.6. The minimum absolute atomic E-state index is 0.349. The number of carboxylic acids is 1. The molecule has 5 heteroatoms. The summed E-state index contributed by atoms with van der Waals surface area (Å²) >= 11 is 0. The number of carboxylic acid groups (broad SMARTS) is 1. The number of hydrogen-bond donors (Lipinski definition) is 2. The molecule has 0 radical (unpaired) electrons. The minimum Gasteiger partial charge on any atom is -0.480 e. The zero-order valence-corrected chi connectivity index (χ0v) is 10.8. The smallest absolute Gasteiger partial charge is 0.329 e. The summed E-state index contributed by atoms with van der Waals surface area (Å²) in [6.07, 6.45) is 3.50. The van der Waals surface area contributed by atoms with Gasteiger partial charge in [0.05, 0.1) is 5.52 Å². The molecule has 1 amide bonds. The fourth-order valence-corrected chi connectivity index (χ4v) is 2.43. The van der Waals surface area contributed by atoms with E-state index in [1.54, 1.807) is 30.5 Å². The highest BCUT2D eigenvalue weighted by Gasteiger charge is 2.45. The Hall–Kier alpha value is -2.43. The van der Waals surface area contributed by atoms with Crippen LogP contribution in [0.4, 0.5) is 0 Å². The van der Waals surface area contributed by atoms with Gasteiger partial charge in [-0.1, -0.05) is 6.07 Å². The normalized spacial score (nSPS) is 16.4. The highest BCUT2D eigenvalue weighted by atomic mass is 16.4. The molecule has 2 aromatic rings. The van der Waals surface area contributed by atoms with Gasteiger partial charge in [-0.2, -0.15) is 0 Å². The van der Waals surface area contributed by atoms with Crippen molar-refractivity contribution in [1.82, 2.24) is 10.3 Å². The molecule has 1 saturated carbocycles. The lowest BCUT2D eigenvalue weighted by molar-refractivity contribution is -0.148. The summed E-state index contributed by atoms with van der Waals surface area (Å²) in [5.74, 6) is -1.31. The predicted molar refractivity (Wildman–Crippen MR) is 73.4 cm³/mol. The van der Waals surface area contributed by atoms with Gasteiger partial charge in [0.2, 0.25) is 0 Å². The number of pyridine rings is 1. The van der Waals surface area contributed by atoms with Gasteiger partial charge in [-0.25, -0.2) is 4.79 Å². The molecule has 3 rings (SSSR count). The van der Waals surface area contributed by atoms with Gasteiger partial charge in [0, 0.05) is 17.1 Å². The second kappa shape index (κ2) is 4.59. The first-order chi connectivity index (χ1) is 9.61. The summed E-state index contributed by atoms with van der Waals surface area (Å²) in [5, 5.41) is 12.7. The summed E-state index contributed by atoms with van der Waals surface area (Å²) in [4.78, 5) is 27.7. The van der Waals surface area contributed by atoms with E-state index in [-0.39, 0.29) is 5.91 Å². The van der Waals surface area contributed by atoms with E-state index in [4.69, 9.17) is 0 Å². The number of rotatable bonds is 3. The van der Waals surface area contributed by atoms with Crippen LogP contribution in [0, 0.1) is 0 Å². The Kier molecular flexibility index (Phi) is 2.89. The molecule has 0 unspecified atom stereocenters. The number of amides is 1. The second-order valence-electron chi connectivity index (χ2n) is 5.11. The summed E-state index contributed by atoms with van der Waals surface area (Å²) in [6.45, 7) is 0. The molecule has 0 spiro atoms. The summed E-state index contributed by atoms with van der Waals surface area (Å²) in [7, 11) is 0. The average molecular weight is 270 g/mol. The van der Waals surface area contributed by atoms with Gasteiger partial charge in [0.25, 0.3) is 5.91 Å². The molecule has 1 aromatic carbocycles. The van der Waals surface area contributed by atoms with Crippen LogP contribution in [0.5, 0.6) is 0 Å². The maximum absolute atomic E-state index is 12.2. The van der Waals surface area contributed by atoms with Gasteiger partial charge >= 0.3 is 5.97 Å². The van der Waals surface area contributed by atoms with E-state index in [0.29, 0.717) is 18.4 Å². The topological polar surface area (TPSA) is 79.3 Å². The van der Waals surface area contributed by atoms with Crippen molar-refractivity contribution in [1.29, 1.82) is 0 Å².